The van der Waals surface area contributed by atoms with Crippen molar-refractivity contribution in [2.45, 2.75) is 25.9 Å². The van der Waals surface area contributed by atoms with Gasteiger partial charge in [-0.15, -0.1) is 0 Å². The van der Waals surface area contributed by atoms with Crippen LogP contribution in [0.1, 0.15) is 34.7 Å². The van der Waals surface area contributed by atoms with E-state index in [9.17, 15) is 0 Å². The molecule has 2 atom stereocenters. The minimum atomic E-state index is 0.00678. The van der Waals surface area contributed by atoms with Gasteiger partial charge in [0, 0.05) is 40.8 Å². The van der Waals surface area contributed by atoms with Crippen molar-refractivity contribution >= 4 is 33.3 Å². The van der Waals surface area contributed by atoms with Crippen molar-refractivity contribution in [2.24, 2.45) is 0 Å². The Morgan fingerprint density at radius 2 is 1.94 bits per heavy atom. The summed E-state index contributed by atoms with van der Waals surface area (Å²) in [5, 5.41) is 4.34. The van der Waals surface area contributed by atoms with E-state index >= 15 is 0 Å². The van der Waals surface area contributed by atoms with Crippen LogP contribution in [-0.2, 0) is 0 Å². The molecule has 162 valence electrons. The number of benzene rings is 1. The zero-order chi connectivity index (χ0) is 22.1. The maximum atomic E-state index is 5.80. The number of pyridine rings is 1. The number of nitrogens with zero attached hydrogens (tertiary/aromatic N) is 4. The average Bonchev–Trinajstić information content (AvgIpc) is 3.22. The lowest BCUT2D eigenvalue weighted by molar-refractivity contribution is 0.277. The molecule has 1 aromatic carbocycles. The van der Waals surface area contributed by atoms with E-state index in [0.29, 0.717) is 0 Å². The summed E-state index contributed by atoms with van der Waals surface area (Å²) < 4.78 is 3.39. The first kappa shape index (κ1) is 22.0. The van der Waals surface area contributed by atoms with Gasteiger partial charge in [-0.25, -0.2) is 0 Å². The molecule has 1 aliphatic heterocycles. The monoisotopic (exact) mass is 497 g/mol. The van der Waals surface area contributed by atoms with Gasteiger partial charge in [0.25, 0.3) is 0 Å². The van der Waals surface area contributed by atoms with Gasteiger partial charge in [-0.1, -0.05) is 28.1 Å². The molecule has 0 spiro atoms. The molecule has 2 aromatic heterocycles. The van der Waals surface area contributed by atoms with Gasteiger partial charge in [0.15, 0.2) is 5.11 Å². The van der Waals surface area contributed by atoms with Crippen molar-refractivity contribution in [3.63, 3.8) is 0 Å². The van der Waals surface area contributed by atoms with Crippen LogP contribution in [0.5, 0.6) is 0 Å². The molecule has 1 aliphatic rings. The number of thiocarbonyl (C=S) groups is 1. The number of rotatable bonds is 6. The summed E-state index contributed by atoms with van der Waals surface area (Å²) in [6.45, 7) is 6.15. The van der Waals surface area contributed by atoms with Crippen LogP contribution in [-0.4, -0.2) is 51.6 Å². The molecule has 1 saturated heterocycles. The summed E-state index contributed by atoms with van der Waals surface area (Å²) in [7, 11) is 4.19. The largest absolute Gasteiger partial charge is 0.352 e. The molecule has 1 fully saturated rings. The highest BCUT2D eigenvalue weighted by Crippen LogP contribution is 2.41. The van der Waals surface area contributed by atoms with Crippen molar-refractivity contribution in [3.05, 3.63) is 81.8 Å². The smallest absolute Gasteiger partial charge is 0.170 e. The second kappa shape index (κ2) is 9.10. The first-order chi connectivity index (χ1) is 14.9. The summed E-state index contributed by atoms with van der Waals surface area (Å²) in [5.74, 6) is 0. The van der Waals surface area contributed by atoms with E-state index in [0.717, 1.165) is 34.1 Å². The molecule has 7 heteroatoms. The Balaban J connectivity index is 1.81. The number of hydrogen-bond donors (Lipinski definition) is 1. The van der Waals surface area contributed by atoms with E-state index in [1.165, 1.54) is 17.0 Å². The highest BCUT2D eigenvalue weighted by Gasteiger charge is 2.41. The summed E-state index contributed by atoms with van der Waals surface area (Å²) in [4.78, 5) is 9.17. The van der Waals surface area contributed by atoms with Crippen molar-refractivity contribution in [1.29, 1.82) is 0 Å². The van der Waals surface area contributed by atoms with Crippen molar-refractivity contribution in [2.75, 3.05) is 27.2 Å². The SMILES string of the molecule is Cc1cc(C2C(c3ccccn3)NC(=S)N2CCN(C)C)c(C)n1-c1cccc(Br)c1. The van der Waals surface area contributed by atoms with Crippen LogP contribution in [0.3, 0.4) is 0 Å². The number of hydrogen-bond acceptors (Lipinski definition) is 3. The summed E-state index contributed by atoms with van der Waals surface area (Å²) in [6.07, 6.45) is 1.85. The van der Waals surface area contributed by atoms with Crippen molar-refractivity contribution in [1.82, 2.24) is 24.7 Å². The van der Waals surface area contributed by atoms with Crippen LogP contribution in [0, 0.1) is 13.8 Å². The molecule has 4 rings (SSSR count). The quantitative estimate of drug-likeness (QED) is 0.495. The predicted molar refractivity (Wildman–Crippen MR) is 134 cm³/mol. The Hall–Kier alpha value is -2.22. The van der Waals surface area contributed by atoms with Crippen molar-refractivity contribution in [3.8, 4) is 5.69 Å². The highest BCUT2D eigenvalue weighted by atomic mass is 79.9. The number of halogens is 1. The Kier molecular flexibility index (Phi) is 6.46. The average molecular weight is 498 g/mol. The third-order valence-electron chi connectivity index (χ3n) is 5.84. The molecular formula is C24H28BrN5S. The highest BCUT2D eigenvalue weighted by molar-refractivity contribution is 9.10. The molecule has 3 heterocycles. The maximum Gasteiger partial charge on any atom is 0.170 e. The van der Waals surface area contributed by atoms with Crippen LogP contribution in [0.15, 0.2) is 59.2 Å². The van der Waals surface area contributed by atoms with E-state index in [1.807, 2.05) is 18.3 Å². The first-order valence-electron chi connectivity index (χ1n) is 10.4. The van der Waals surface area contributed by atoms with Gasteiger partial charge in [0.2, 0.25) is 0 Å². The Labute approximate surface area is 198 Å². The lowest BCUT2D eigenvalue weighted by Crippen LogP contribution is -2.35. The third kappa shape index (κ3) is 4.40. The van der Waals surface area contributed by atoms with E-state index < -0.39 is 0 Å². The van der Waals surface area contributed by atoms with E-state index in [1.54, 1.807) is 0 Å². The van der Waals surface area contributed by atoms with E-state index in [-0.39, 0.29) is 12.1 Å². The van der Waals surface area contributed by atoms with Gasteiger partial charge >= 0.3 is 0 Å². The van der Waals surface area contributed by atoms with E-state index in [2.05, 4.69) is 105 Å². The Morgan fingerprint density at radius 1 is 1.13 bits per heavy atom. The van der Waals surface area contributed by atoms with Crippen LogP contribution in [0.2, 0.25) is 0 Å². The van der Waals surface area contributed by atoms with Crippen LogP contribution >= 0.6 is 28.1 Å². The molecule has 5 nitrogen and oxygen atoms in total. The van der Waals surface area contributed by atoms with Crippen LogP contribution in [0.4, 0.5) is 0 Å². The van der Waals surface area contributed by atoms with Gasteiger partial charge in [0.1, 0.15) is 0 Å². The zero-order valence-electron chi connectivity index (χ0n) is 18.3. The van der Waals surface area contributed by atoms with Crippen LogP contribution in [0.25, 0.3) is 5.69 Å². The molecule has 2 unspecified atom stereocenters. The zero-order valence-corrected chi connectivity index (χ0v) is 20.7. The molecule has 31 heavy (non-hydrogen) atoms. The molecule has 1 N–H and O–H groups in total. The lowest BCUT2D eigenvalue weighted by atomic mass is 9.97. The number of aromatic nitrogens is 2. The molecule has 0 bridgehead atoms. The fourth-order valence-electron chi connectivity index (χ4n) is 4.39. The normalized spacial score (nSPS) is 18.6. The predicted octanol–water partition coefficient (Wildman–Crippen LogP) is 4.79. The molecule has 0 amide bonds. The summed E-state index contributed by atoms with van der Waals surface area (Å²) >= 11 is 9.41. The number of likely N-dealkylation sites (N-methyl/N-ethyl adjacent to an activating group) is 1. The molecule has 0 radical (unpaired) electrons. The van der Waals surface area contributed by atoms with Gasteiger partial charge in [-0.3, -0.25) is 4.98 Å². The van der Waals surface area contributed by atoms with Gasteiger partial charge in [0.05, 0.1) is 17.8 Å². The lowest BCUT2D eigenvalue weighted by Gasteiger charge is -2.29. The third-order valence-corrected chi connectivity index (χ3v) is 6.69. The summed E-state index contributed by atoms with van der Waals surface area (Å²) in [6, 6.07) is 16.9. The minimum absolute atomic E-state index is 0.00678. The summed E-state index contributed by atoms with van der Waals surface area (Å²) in [5.41, 5.74) is 5.87. The number of aryl methyl sites for hydroxylation is 1. The van der Waals surface area contributed by atoms with E-state index in [4.69, 9.17) is 12.2 Å². The number of nitrogens with one attached hydrogen (secondary N) is 1. The second-order valence-corrected chi connectivity index (χ2v) is 9.57. The minimum Gasteiger partial charge on any atom is -0.352 e. The molecule has 3 aromatic rings. The van der Waals surface area contributed by atoms with Gasteiger partial charge in [-0.05, 0) is 82.1 Å². The topological polar surface area (TPSA) is 36.3 Å². The Bertz CT molecular complexity index is 1080. The Morgan fingerprint density at radius 3 is 2.61 bits per heavy atom. The fourth-order valence-corrected chi connectivity index (χ4v) is 5.11. The molecular weight excluding hydrogens is 470 g/mol. The first-order valence-corrected chi connectivity index (χ1v) is 11.6. The van der Waals surface area contributed by atoms with Gasteiger partial charge < -0.3 is 19.7 Å². The second-order valence-electron chi connectivity index (χ2n) is 8.27. The van der Waals surface area contributed by atoms with Crippen LogP contribution < -0.4 is 5.32 Å². The fraction of sp³-hybridized carbons (Fsp3) is 0.333. The van der Waals surface area contributed by atoms with Crippen molar-refractivity contribution < 1.29 is 0 Å². The van der Waals surface area contributed by atoms with Gasteiger partial charge in [-0.2, -0.15) is 0 Å². The molecule has 0 saturated carbocycles. The maximum absolute atomic E-state index is 5.80. The molecule has 0 aliphatic carbocycles. The standard InChI is InChI=1S/C24H28BrN5S/c1-16-14-20(17(2)30(16)19-9-7-8-18(25)15-19)23-22(21-10-5-6-11-26-21)27-24(31)29(23)13-12-28(3)4/h5-11,14-15,22-23H,12-13H2,1-4H3,(H,27,31).